The number of pyridine rings is 1. The highest BCUT2D eigenvalue weighted by atomic mass is 32.2. The Morgan fingerprint density at radius 1 is 1.19 bits per heavy atom. The monoisotopic (exact) mass is 309 g/mol. The number of ether oxygens (including phenoxy) is 1. The average molecular weight is 309 g/mol. The van der Waals surface area contributed by atoms with Gasteiger partial charge in [0.15, 0.2) is 0 Å². The lowest BCUT2D eigenvalue weighted by Crippen LogP contribution is -2.24. The van der Waals surface area contributed by atoms with Crippen molar-refractivity contribution in [2.75, 3.05) is 31.8 Å². The molecule has 2 rings (SSSR count). The van der Waals surface area contributed by atoms with Crippen molar-refractivity contribution in [2.45, 2.75) is 6.42 Å². The summed E-state index contributed by atoms with van der Waals surface area (Å²) in [6, 6.07) is 7.70. The first-order valence-corrected chi connectivity index (χ1v) is 8.50. The Morgan fingerprint density at radius 2 is 2.00 bits per heavy atom. The van der Waals surface area contributed by atoms with Crippen LogP contribution in [0.2, 0.25) is 0 Å². The number of sulfonamides is 1. The van der Waals surface area contributed by atoms with Crippen LogP contribution in [-0.2, 0) is 10.0 Å². The Kier molecular flexibility index (Phi) is 4.98. The number of hydrogen-bond acceptors (Lipinski definition) is 5. The molecule has 0 amide bonds. The van der Waals surface area contributed by atoms with Crippen LogP contribution in [0.4, 0.5) is 5.82 Å². The van der Waals surface area contributed by atoms with Crippen molar-refractivity contribution in [1.82, 2.24) is 9.71 Å². The predicted molar refractivity (Wildman–Crippen MR) is 84.2 cm³/mol. The molecule has 0 bridgehead atoms. The zero-order valence-electron chi connectivity index (χ0n) is 12.1. The fourth-order valence-electron chi connectivity index (χ4n) is 2.05. The molecule has 1 aromatic carbocycles. The van der Waals surface area contributed by atoms with Gasteiger partial charge in [0, 0.05) is 30.1 Å². The minimum absolute atomic E-state index is 0.403. The Labute approximate surface area is 124 Å². The lowest BCUT2D eigenvalue weighted by molar-refractivity contribution is 0.420. The highest BCUT2D eigenvalue weighted by Gasteiger charge is 2.06. The number of rotatable bonds is 7. The van der Waals surface area contributed by atoms with Gasteiger partial charge in [-0.2, -0.15) is 0 Å². The average Bonchev–Trinajstić information content (AvgIpc) is 2.45. The first-order chi connectivity index (χ1) is 10.0. The molecule has 0 unspecified atom stereocenters. The molecule has 0 radical (unpaired) electrons. The van der Waals surface area contributed by atoms with Crippen molar-refractivity contribution in [3.8, 4) is 5.75 Å². The summed E-state index contributed by atoms with van der Waals surface area (Å²) >= 11 is 0. The van der Waals surface area contributed by atoms with E-state index in [0.29, 0.717) is 19.5 Å². The van der Waals surface area contributed by atoms with Crippen molar-refractivity contribution in [3.05, 3.63) is 30.5 Å². The van der Waals surface area contributed by atoms with E-state index in [1.807, 2.05) is 24.3 Å². The van der Waals surface area contributed by atoms with E-state index in [1.165, 1.54) is 0 Å². The maximum Gasteiger partial charge on any atom is 0.208 e. The van der Waals surface area contributed by atoms with E-state index in [9.17, 15) is 8.42 Å². The molecule has 0 saturated carbocycles. The van der Waals surface area contributed by atoms with Crippen molar-refractivity contribution in [1.29, 1.82) is 0 Å². The second-order valence-corrected chi connectivity index (χ2v) is 6.49. The van der Waals surface area contributed by atoms with Gasteiger partial charge in [-0.3, -0.25) is 0 Å². The van der Waals surface area contributed by atoms with Gasteiger partial charge in [-0.25, -0.2) is 18.1 Å². The zero-order valence-corrected chi connectivity index (χ0v) is 12.9. The number of aromatic nitrogens is 1. The largest absolute Gasteiger partial charge is 0.496 e. The van der Waals surface area contributed by atoms with Crippen molar-refractivity contribution in [2.24, 2.45) is 0 Å². The fourth-order valence-corrected chi connectivity index (χ4v) is 2.57. The van der Waals surface area contributed by atoms with Crippen LogP contribution in [0.5, 0.6) is 5.75 Å². The lowest BCUT2D eigenvalue weighted by Gasteiger charge is -2.10. The molecule has 114 valence electrons. The van der Waals surface area contributed by atoms with E-state index in [4.69, 9.17) is 4.74 Å². The van der Waals surface area contributed by atoms with E-state index < -0.39 is 10.0 Å². The zero-order chi connectivity index (χ0) is 15.3. The summed E-state index contributed by atoms with van der Waals surface area (Å²) in [6.45, 7) is 1.03. The third-order valence-electron chi connectivity index (χ3n) is 3.00. The van der Waals surface area contributed by atoms with Crippen LogP contribution in [0.15, 0.2) is 30.5 Å². The first-order valence-electron chi connectivity index (χ1n) is 6.61. The Balaban J connectivity index is 2.02. The quantitative estimate of drug-likeness (QED) is 0.759. The number of benzene rings is 1. The molecule has 0 atom stereocenters. The normalized spacial score (nSPS) is 11.5. The Hall–Kier alpha value is -1.86. The van der Waals surface area contributed by atoms with E-state index in [2.05, 4.69) is 15.0 Å². The molecule has 1 aromatic heterocycles. The molecule has 0 spiro atoms. The minimum atomic E-state index is -3.12. The molecule has 6 nitrogen and oxygen atoms in total. The van der Waals surface area contributed by atoms with Gasteiger partial charge in [-0.1, -0.05) is 12.1 Å². The number of anilines is 1. The van der Waals surface area contributed by atoms with Gasteiger partial charge in [0.1, 0.15) is 11.6 Å². The number of nitrogens with zero attached hydrogens (tertiary/aromatic N) is 1. The lowest BCUT2D eigenvalue weighted by atomic mass is 10.1. The highest BCUT2D eigenvalue weighted by molar-refractivity contribution is 7.88. The van der Waals surface area contributed by atoms with Crippen LogP contribution in [0.1, 0.15) is 6.42 Å². The summed E-state index contributed by atoms with van der Waals surface area (Å²) < 4.78 is 29.7. The Morgan fingerprint density at radius 3 is 2.71 bits per heavy atom. The first kappa shape index (κ1) is 15.5. The second-order valence-electron chi connectivity index (χ2n) is 4.66. The molecule has 7 heteroatoms. The van der Waals surface area contributed by atoms with E-state index in [1.54, 1.807) is 13.3 Å². The predicted octanol–water partition coefficient (Wildman–Crippen LogP) is 1.59. The summed E-state index contributed by atoms with van der Waals surface area (Å²) in [5, 5.41) is 5.20. The highest BCUT2D eigenvalue weighted by Crippen LogP contribution is 2.28. The van der Waals surface area contributed by atoms with Gasteiger partial charge in [-0.15, -0.1) is 0 Å². The molecule has 0 aliphatic rings. The fraction of sp³-hybridized carbons (Fsp3) is 0.357. The molecular formula is C14H19N3O3S. The molecule has 0 aliphatic heterocycles. The maximum absolute atomic E-state index is 11.0. The van der Waals surface area contributed by atoms with Crippen LogP contribution < -0.4 is 14.8 Å². The van der Waals surface area contributed by atoms with Gasteiger partial charge in [0.05, 0.1) is 13.4 Å². The van der Waals surface area contributed by atoms with Gasteiger partial charge in [0.2, 0.25) is 10.0 Å². The van der Waals surface area contributed by atoms with E-state index in [-0.39, 0.29) is 0 Å². The molecule has 1 heterocycles. The molecule has 21 heavy (non-hydrogen) atoms. The molecule has 2 aromatic rings. The number of hydrogen-bond donors (Lipinski definition) is 2. The van der Waals surface area contributed by atoms with Gasteiger partial charge in [-0.05, 0) is 18.6 Å². The number of fused-ring (bicyclic) bond motifs is 1. The van der Waals surface area contributed by atoms with Crippen LogP contribution in [-0.4, -0.2) is 39.9 Å². The summed E-state index contributed by atoms with van der Waals surface area (Å²) in [5.41, 5.74) is 0. The molecule has 0 saturated heterocycles. The van der Waals surface area contributed by atoms with Crippen LogP contribution in [0, 0.1) is 0 Å². The third-order valence-corrected chi connectivity index (χ3v) is 3.72. The van der Waals surface area contributed by atoms with Gasteiger partial charge in [0.25, 0.3) is 0 Å². The molecular weight excluding hydrogens is 290 g/mol. The smallest absolute Gasteiger partial charge is 0.208 e. The molecule has 0 aliphatic carbocycles. The maximum atomic E-state index is 11.0. The van der Waals surface area contributed by atoms with Crippen molar-refractivity contribution >= 4 is 26.6 Å². The minimum Gasteiger partial charge on any atom is -0.496 e. The van der Waals surface area contributed by atoms with Crippen LogP contribution in [0.3, 0.4) is 0 Å². The van der Waals surface area contributed by atoms with Gasteiger partial charge >= 0.3 is 0 Å². The van der Waals surface area contributed by atoms with E-state index >= 15 is 0 Å². The summed E-state index contributed by atoms with van der Waals surface area (Å²) in [5.74, 6) is 1.57. The molecule has 2 N–H and O–H groups in total. The third kappa shape index (κ3) is 4.30. The van der Waals surface area contributed by atoms with Crippen LogP contribution in [0.25, 0.3) is 10.8 Å². The second kappa shape index (κ2) is 6.73. The summed E-state index contributed by atoms with van der Waals surface area (Å²) in [7, 11) is -1.48. The number of methoxy groups -OCH3 is 1. The topological polar surface area (TPSA) is 80.3 Å². The molecule has 0 fully saturated rings. The summed E-state index contributed by atoms with van der Waals surface area (Å²) in [6.07, 6.45) is 3.55. The number of nitrogens with one attached hydrogen (secondary N) is 2. The van der Waals surface area contributed by atoms with E-state index in [0.717, 1.165) is 28.6 Å². The van der Waals surface area contributed by atoms with Crippen molar-refractivity contribution < 1.29 is 13.2 Å². The Bertz CT molecular complexity index is 716. The van der Waals surface area contributed by atoms with Crippen LogP contribution >= 0.6 is 0 Å². The standard InChI is InChI=1S/C14H19N3O3S/c1-20-13-6-3-5-12-11(13)7-10-16-14(12)15-8-4-9-17-21(2,18)19/h3,5-7,10,17H,4,8-9H2,1-2H3,(H,15,16). The van der Waals surface area contributed by atoms with Gasteiger partial charge < -0.3 is 10.1 Å². The van der Waals surface area contributed by atoms with Crippen molar-refractivity contribution in [3.63, 3.8) is 0 Å². The summed E-state index contributed by atoms with van der Waals surface area (Å²) in [4.78, 5) is 4.32. The SMILES string of the molecule is COc1cccc2c(NCCCNS(C)(=O)=O)nccc12.